The lowest BCUT2D eigenvalue weighted by Crippen LogP contribution is -2.41. The Kier molecular flexibility index (Phi) is 6.23. The van der Waals surface area contributed by atoms with E-state index in [9.17, 15) is 27.7 Å². The molecule has 0 saturated carbocycles. The summed E-state index contributed by atoms with van der Waals surface area (Å²) in [5, 5.41) is 13.5. The maximum absolute atomic E-state index is 13.0. The molecule has 8 nitrogen and oxygen atoms in total. The second-order valence-corrected chi connectivity index (χ2v) is 8.82. The van der Waals surface area contributed by atoms with E-state index in [1.54, 1.807) is 6.07 Å². The molecule has 2 aromatic carbocycles. The Morgan fingerprint density at radius 3 is 2.45 bits per heavy atom. The van der Waals surface area contributed by atoms with Gasteiger partial charge in [0.1, 0.15) is 5.82 Å². The van der Waals surface area contributed by atoms with Crippen LogP contribution in [0.5, 0.6) is 0 Å². The number of halogens is 1. The predicted octanol–water partition coefficient (Wildman–Crippen LogP) is 2.91. The quantitative estimate of drug-likeness (QED) is 0.570. The fourth-order valence-corrected chi connectivity index (χ4v) is 4.78. The van der Waals surface area contributed by atoms with Gasteiger partial charge in [-0.2, -0.15) is 0 Å². The SMILES string of the molecule is O=C(Nc1cccc([N+](=O)[O-])c1)C1CCN(S(=O)(=O)Cc2ccc(F)cc2)CC1. The molecule has 1 fully saturated rings. The summed E-state index contributed by atoms with van der Waals surface area (Å²) in [5.74, 6) is -1.33. The molecule has 2 aromatic rings. The average Bonchev–Trinajstić information content (AvgIpc) is 2.70. The molecule has 10 heteroatoms. The molecule has 0 radical (unpaired) electrons. The van der Waals surface area contributed by atoms with Crippen LogP contribution in [-0.2, 0) is 20.6 Å². The molecule has 1 saturated heterocycles. The zero-order chi connectivity index (χ0) is 21.0. The molecule has 1 amide bonds. The molecule has 1 aliphatic heterocycles. The van der Waals surface area contributed by atoms with Crippen molar-refractivity contribution in [1.82, 2.24) is 4.31 Å². The van der Waals surface area contributed by atoms with Crippen molar-refractivity contribution in [1.29, 1.82) is 0 Å². The number of piperidine rings is 1. The number of non-ortho nitro benzene ring substituents is 1. The van der Waals surface area contributed by atoms with Gasteiger partial charge in [0, 0.05) is 36.8 Å². The topological polar surface area (TPSA) is 110 Å². The second-order valence-electron chi connectivity index (χ2n) is 6.85. The molecule has 0 spiro atoms. The van der Waals surface area contributed by atoms with Crippen LogP contribution in [0.3, 0.4) is 0 Å². The first-order valence-corrected chi connectivity index (χ1v) is 10.6. The van der Waals surface area contributed by atoms with E-state index in [4.69, 9.17) is 0 Å². The molecule has 29 heavy (non-hydrogen) atoms. The van der Waals surface area contributed by atoms with Crippen LogP contribution in [0.4, 0.5) is 15.8 Å². The van der Waals surface area contributed by atoms with Crippen molar-refractivity contribution < 1.29 is 22.5 Å². The van der Waals surface area contributed by atoms with Crippen molar-refractivity contribution in [3.8, 4) is 0 Å². The summed E-state index contributed by atoms with van der Waals surface area (Å²) >= 11 is 0. The smallest absolute Gasteiger partial charge is 0.271 e. The van der Waals surface area contributed by atoms with Crippen LogP contribution in [0.1, 0.15) is 18.4 Å². The van der Waals surface area contributed by atoms with Crippen molar-refractivity contribution >= 4 is 27.3 Å². The van der Waals surface area contributed by atoms with Crippen LogP contribution < -0.4 is 5.32 Å². The van der Waals surface area contributed by atoms with E-state index in [1.807, 2.05) is 0 Å². The number of hydrogen-bond acceptors (Lipinski definition) is 5. The Hall–Kier alpha value is -2.85. The lowest BCUT2D eigenvalue weighted by Gasteiger charge is -2.30. The minimum Gasteiger partial charge on any atom is -0.326 e. The molecule has 1 heterocycles. The number of sulfonamides is 1. The van der Waals surface area contributed by atoms with Gasteiger partial charge in [0.25, 0.3) is 5.69 Å². The highest BCUT2D eigenvalue weighted by molar-refractivity contribution is 7.88. The van der Waals surface area contributed by atoms with Gasteiger partial charge in [0.05, 0.1) is 10.7 Å². The van der Waals surface area contributed by atoms with Crippen molar-refractivity contribution in [2.45, 2.75) is 18.6 Å². The molecule has 0 aliphatic carbocycles. The number of amides is 1. The van der Waals surface area contributed by atoms with Gasteiger partial charge < -0.3 is 5.32 Å². The van der Waals surface area contributed by atoms with Gasteiger partial charge in [-0.05, 0) is 36.6 Å². The van der Waals surface area contributed by atoms with Gasteiger partial charge in [0.15, 0.2) is 0 Å². The molecule has 0 aromatic heterocycles. The van der Waals surface area contributed by atoms with Gasteiger partial charge >= 0.3 is 0 Å². The number of hydrogen-bond donors (Lipinski definition) is 1. The third-order valence-corrected chi connectivity index (χ3v) is 6.66. The number of nitrogens with one attached hydrogen (secondary N) is 1. The van der Waals surface area contributed by atoms with Crippen LogP contribution >= 0.6 is 0 Å². The van der Waals surface area contributed by atoms with Gasteiger partial charge in [-0.15, -0.1) is 0 Å². The molecule has 0 unspecified atom stereocenters. The number of carbonyl (C=O) groups is 1. The van der Waals surface area contributed by atoms with Gasteiger partial charge in [0.2, 0.25) is 15.9 Å². The lowest BCUT2D eigenvalue weighted by molar-refractivity contribution is -0.384. The standard InChI is InChI=1S/C19H20FN3O5S/c20-16-6-4-14(5-7-16)13-29(27,28)22-10-8-15(9-11-22)19(24)21-17-2-1-3-18(12-17)23(25)26/h1-7,12,15H,8-11,13H2,(H,21,24). The first-order valence-electron chi connectivity index (χ1n) is 9.02. The molecular formula is C19H20FN3O5S. The first kappa shape index (κ1) is 20.9. The minimum atomic E-state index is -3.57. The monoisotopic (exact) mass is 421 g/mol. The van der Waals surface area contributed by atoms with Crippen LogP contribution in [0.15, 0.2) is 48.5 Å². The first-order chi connectivity index (χ1) is 13.7. The summed E-state index contributed by atoms with van der Waals surface area (Å²) in [7, 11) is -3.57. The molecule has 3 rings (SSSR count). The summed E-state index contributed by atoms with van der Waals surface area (Å²) in [5.41, 5.74) is 0.706. The van der Waals surface area contributed by atoms with E-state index in [0.29, 0.717) is 24.1 Å². The average molecular weight is 421 g/mol. The number of benzene rings is 2. The van der Waals surface area contributed by atoms with Gasteiger partial charge in [-0.25, -0.2) is 17.1 Å². The molecule has 0 bridgehead atoms. The van der Waals surface area contributed by atoms with Crippen LogP contribution in [0, 0.1) is 21.8 Å². The van der Waals surface area contributed by atoms with Crippen molar-refractivity contribution in [2.75, 3.05) is 18.4 Å². The summed E-state index contributed by atoms with van der Waals surface area (Å²) in [6, 6.07) is 11.0. The molecule has 0 atom stereocenters. The lowest BCUT2D eigenvalue weighted by atomic mass is 9.97. The number of nitro benzene ring substituents is 1. The Balaban J connectivity index is 1.56. The van der Waals surface area contributed by atoms with Gasteiger partial charge in [-0.3, -0.25) is 14.9 Å². The summed E-state index contributed by atoms with van der Waals surface area (Å²) in [6.45, 7) is 0.410. The Bertz CT molecular complexity index is 1000. The third kappa shape index (κ3) is 5.36. The van der Waals surface area contributed by atoms with Crippen molar-refractivity contribution in [2.24, 2.45) is 5.92 Å². The van der Waals surface area contributed by atoms with Gasteiger partial charge in [-0.1, -0.05) is 18.2 Å². The summed E-state index contributed by atoms with van der Waals surface area (Å²) in [6.07, 6.45) is 0.701. The molecule has 1 N–H and O–H groups in total. The van der Waals surface area contributed by atoms with E-state index in [-0.39, 0.29) is 36.4 Å². The third-order valence-electron chi connectivity index (χ3n) is 4.80. The van der Waals surface area contributed by atoms with Crippen LogP contribution in [0.2, 0.25) is 0 Å². The Morgan fingerprint density at radius 1 is 1.17 bits per heavy atom. The van der Waals surface area contributed by atoms with Crippen LogP contribution in [0.25, 0.3) is 0 Å². The second kappa shape index (κ2) is 8.66. The van der Waals surface area contributed by atoms with E-state index in [1.165, 1.54) is 46.8 Å². The normalized spacial score (nSPS) is 15.8. The minimum absolute atomic E-state index is 0.121. The number of rotatable bonds is 6. The van der Waals surface area contributed by atoms with Crippen molar-refractivity contribution in [3.63, 3.8) is 0 Å². The largest absolute Gasteiger partial charge is 0.326 e. The predicted molar refractivity (Wildman–Crippen MR) is 105 cm³/mol. The van der Waals surface area contributed by atoms with E-state index in [2.05, 4.69) is 5.32 Å². The molecule has 154 valence electrons. The van der Waals surface area contributed by atoms with Crippen LogP contribution in [-0.4, -0.2) is 36.6 Å². The highest BCUT2D eigenvalue weighted by atomic mass is 32.2. The Morgan fingerprint density at radius 2 is 1.83 bits per heavy atom. The zero-order valence-corrected chi connectivity index (χ0v) is 16.3. The molecular weight excluding hydrogens is 401 g/mol. The summed E-state index contributed by atoms with van der Waals surface area (Å²) in [4.78, 5) is 22.7. The number of nitro groups is 1. The van der Waals surface area contributed by atoms with E-state index in [0.717, 1.165) is 0 Å². The zero-order valence-electron chi connectivity index (χ0n) is 15.5. The number of anilines is 1. The highest BCUT2D eigenvalue weighted by Crippen LogP contribution is 2.24. The van der Waals surface area contributed by atoms with Crippen molar-refractivity contribution in [3.05, 3.63) is 70.0 Å². The van der Waals surface area contributed by atoms with E-state index < -0.39 is 20.8 Å². The fraction of sp³-hybridized carbons (Fsp3) is 0.316. The van der Waals surface area contributed by atoms with E-state index >= 15 is 0 Å². The summed E-state index contributed by atoms with van der Waals surface area (Å²) < 4.78 is 39.5. The maximum Gasteiger partial charge on any atom is 0.271 e. The Labute approximate surface area is 167 Å². The number of carbonyl (C=O) groups excluding carboxylic acids is 1. The maximum atomic E-state index is 13.0. The molecule has 1 aliphatic rings. The number of nitrogens with zero attached hydrogens (tertiary/aromatic N) is 2. The highest BCUT2D eigenvalue weighted by Gasteiger charge is 2.31. The fourth-order valence-electron chi connectivity index (χ4n) is 3.22.